The van der Waals surface area contributed by atoms with Crippen molar-refractivity contribution in [3.8, 4) is 23.0 Å². The Morgan fingerprint density at radius 3 is 0.726 bits per heavy atom. The van der Waals surface area contributed by atoms with E-state index >= 15 is 0 Å². The van der Waals surface area contributed by atoms with Crippen molar-refractivity contribution in [1.82, 2.24) is 19.9 Å². The third-order valence-electron chi connectivity index (χ3n) is 17.0. The van der Waals surface area contributed by atoms with Crippen LogP contribution >= 0.6 is 0 Å². The highest BCUT2D eigenvalue weighted by molar-refractivity contribution is 5.85. The SMILES string of the molecule is CCCCCCCCCCCCCCCCOc1ccc(C2=c3ccc([nH]3)=C(c3ccc(O)cc3)c3ccc([nH]3)C(c3ccc(OCCCCCCCCCCCCCCCC)cc3)=c3ccc([nH]3)=C(c3ccc(O)cc3)c3ccc2[nH]3)cc1. The van der Waals surface area contributed by atoms with Gasteiger partial charge in [-0.05, 0) is 132 Å². The Hall–Kier alpha value is -7.32. The summed E-state index contributed by atoms with van der Waals surface area (Å²) in [5.41, 5.74) is 11.7. The fraction of sp³-hybridized carbons (Fsp3) is 0.421. The van der Waals surface area contributed by atoms with Crippen LogP contribution in [0.5, 0.6) is 23.0 Å². The first-order chi connectivity index (χ1) is 41.4. The van der Waals surface area contributed by atoms with Gasteiger partial charge < -0.3 is 39.6 Å². The fourth-order valence-corrected chi connectivity index (χ4v) is 12.2. The molecule has 0 spiro atoms. The monoisotopic (exact) mass is 1130 g/mol. The van der Waals surface area contributed by atoms with Crippen LogP contribution < -0.4 is 30.9 Å². The van der Waals surface area contributed by atoms with Crippen LogP contribution in [0.1, 0.15) is 239 Å². The molecule has 0 saturated carbocycles. The fourth-order valence-electron chi connectivity index (χ4n) is 12.2. The van der Waals surface area contributed by atoms with E-state index in [2.05, 4.69) is 131 Å². The first-order valence-corrected chi connectivity index (χ1v) is 32.8. The summed E-state index contributed by atoms with van der Waals surface area (Å²) in [4.78, 5) is 15.5. The molecule has 0 fully saturated rings. The zero-order chi connectivity index (χ0) is 58.0. The third-order valence-corrected chi connectivity index (χ3v) is 17.0. The minimum atomic E-state index is 0.214. The highest BCUT2D eigenvalue weighted by Crippen LogP contribution is 2.31. The Bertz CT molecular complexity index is 3210. The van der Waals surface area contributed by atoms with Gasteiger partial charge in [0, 0.05) is 66.5 Å². The third kappa shape index (κ3) is 17.9. The van der Waals surface area contributed by atoms with Crippen LogP contribution in [0.2, 0.25) is 0 Å². The van der Waals surface area contributed by atoms with Crippen molar-refractivity contribution < 1.29 is 19.7 Å². The van der Waals surface area contributed by atoms with Crippen molar-refractivity contribution in [1.29, 1.82) is 0 Å². The lowest BCUT2D eigenvalue weighted by Crippen LogP contribution is -2.19. The Morgan fingerprint density at radius 2 is 0.476 bits per heavy atom. The van der Waals surface area contributed by atoms with E-state index in [1.54, 1.807) is 24.3 Å². The van der Waals surface area contributed by atoms with Gasteiger partial charge in [-0.1, -0.05) is 229 Å². The summed E-state index contributed by atoms with van der Waals surface area (Å²) in [6.07, 6.45) is 37.4. The molecule has 5 heterocycles. The zero-order valence-corrected chi connectivity index (χ0v) is 50.8. The number of rotatable bonds is 36. The maximum Gasteiger partial charge on any atom is 0.119 e. The molecule has 0 amide bonds. The van der Waals surface area contributed by atoms with Gasteiger partial charge in [-0.25, -0.2) is 0 Å². The van der Waals surface area contributed by atoms with Crippen molar-refractivity contribution in [2.75, 3.05) is 13.2 Å². The van der Waals surface area contributed by atoms with Crippen molar-refractivity contribution in [3.63, 3.8) is 0 Å². The zero-order valence-electron chi connectivity index (χ0n) is 50.8. The average molecular weight is 1130 g/mol. The smallest absolute Gasteiger partial charge is 0.119 e. The van der Waals surface area contributed by atoms with Crippen molar-refractivity contribution >= 4 is 22.3 Å². The van der Waals surface area contributed by atoms with Crippen molar-refractivity contribution in [2.24, 2.45) is 0 Å². The second kappa shape index (κ2) is 33.2. The molecule has 1 aliphatic rings. The van der Waals surface area contributed by atoms with Gasteiger partial charge in [0.2, 0.25) is 0 Å². The molecule has 444 valence electrons. The molecule has 0 radical (unpaired) electrons. The molecule has 8 aromatic rings. The van der Waals surface area contributed by atoms with E-state index in [-0.39, 0.29) is 11.5 Å². The van der Waals surface area contributed by atoms with E-state index in [4.69, 9.17) is 9.47 Å². The van der Waals surface area contributed by atoms with Gasteiger partial charge in [0.25, 0.3) is 0 Å². The summed E-state index contributed by atoms with van der Waals surface area (Å²) >= 11 is 0. The van der Waals surface area contributed by atoms with E-state index in [1.807, 2.05) is 24.3 Å². The van der Waals surface area contributed by atoms with Gasteiger partial charge in [0.15, 0.2) is 0 Å². The molecule has 4 aromatic carbocycles. The summed E-state index contributed by atoms with van der Waals surface area (Å²) < 4.78 is 12.7. The number of aromatic nitrogens is 4. The van der Waals surface area contributed by atoms with Crippen molar-refractivity contribution in [3.05, 3.63) is 212 Å². The molecule has 1 aliphatic heterocycles. The normalized spacial score (nSPS) is 12.4. The lowest BCUT2D eigenvalue weighted by molar-refractivity contribution is 0.304. The number of hydrogen-bond donors (Lipinski definition) is 6. The molecule has 8 bridgehead atoms. The van der Waals surface area contributed by atoms with Crippen LogP contribution in [-0.4, -0.2) is 43.4 Å². The van der Waals surface area contributed by atoms with Crippen LogP contribution in [0, 0.1) is 0 Å². The summed E-state index contributed by atoms with van der Waals surface area (Å²) in [7, 11) is 0. The summed E-state index contributed by atoms with van der Waals surface area (Å²) in [5, 5.41) is 24.7. The quantitative estimate of drug-likeness (QED) is 0.0219. The minimum Gasteiger partial charge on any atom is -0.508 e. The molecule has 84 heavy (non-hydrogen) atoms. The number of benzene rings is 4. The van der Waals surface area contributed by atoms with Gasteiger partial charge in [0.1, 0.15) is 23.0 Å². The second-order valence-electron chi connectivity index (χ2n) is 23.7. The first-order valence-electron chi connectivity index (χ1n) is 32.8. The number of phenolic OH excluding ortho intramolecular Hbond substituents is 2. The van der Waals surface area contributed by atoms with Crippen LogP contribution in [0.4, 0.5) is 0 Å². The molecule has 0 aliphatic carbocycles. The molecule has 8 heteroatoms. The van der Waals surface area contributed by atoms with Gasteiger partial charge in [0.05, 0.1) is 13.2 Å². The Balaban J connectivity index is 0.949. The van der Waals surface area contributed by atoms with E-state index < -0.39 is 0 Å². The number of ether oxygens (including phenoxy) is 2. The van der Waals surface area contributed by atoms with Crippen molar-refractivity contribution in [2.45, 2.75) is 194 Å². The molecule has 4 aromatic heterocycles. The number of hydrogen-bond acceptors (Lipinski definition) is 4. The van der Waals surface area contributed by atoms with Gasteiger partial charge in [-0.3, -0.25) is 0 Å². The van der Waals surface area contributed by atoms with Crippen LogP contribution in [0.15, 0.2) is 146 Å². The number of unbranched alkanes of at least 4 members (excludes halogenated alkanes) is 26. The highest BCUT2D eigenvalue weighted by Gasteiger charge is 2.19. The molecular formula is C76H96N4O4. The summed E-state index contributed by atoms with van der Waals surface area (Å²) in [5.74, 6) is 2.17. The number of phenols is 2. The molecular weight excluding hydrogens is 1030 g/mol. The topological polar surface area (TPSA) is 122 Å². The Labute approximate surface area is 501 Å². The Morgan fingerprint density at radius 1 is 0.250 bits per heavy atom. The van der Waals surface area contributed by atoms with Gasteiger partial charge in [-0.15, -0.1) is 0 Å². The maximum atomic E-state index is 10.5. The Kier molecular flexibility index (Phi) is 24.2. The van der Waals surface area contributed by atoms with E-state index in [0.717, 1.165) is 113 Å². The summed E-state index contributed by atoms with van der Waals surface area (Å²) in [6, 6.07) is 49.2. The molecule has 0 unspecified atom stereocenters. The summed E-state index contributed by atoms with van der Waals surface area (Å²) in [6.45, 7) is 6.00. The van der Waals surface area contributed by atoms with E-state index in [9.17, 15) is 10.2 Å². The van der Waals surface area contributed by atoms with Gasteiger partial charge in [-0.2, -0.15) is 0 Å². The molecule has 6 N–H and O–H groups in total. The van der Waals surface area contributed by atoms with Crippen LogP contribution in [0.3, 0.4) is 0 Å². The molecule has 0 atom stereocenters. The number of aromatic amines is 4. The lowest BCUT2D eigenvalue weighted by Gasteiger charge is -2.11. The second-order valence-corrected chi connectivity index (χ2v) is 23.7. The predicted molar refractivity (Wildman–Crippen MR) is 349 cm³/mol. The number of fused-ring (bicyclic) bond motifs is 8. The van der Waals surface area contributed by atoms with E-state index in [0.29, 0.717) is 13.2 Å². The largest absolute Gasteiger partial charge is 0.508 e. The molecule has 8 nitrogen and oxygen atoms in total. The number of nitrogens with one attached hydrogen (secondary N) is 4. The molecule has 0 saturated heterocycles. The minimum absolute atomic E-state index is 0.214. The van der Waals surface area contributed by atoms with Crippen LogP contribution in [0.25, 0.3) is 22.3 Å². The average Bonchev–Trinajstić information content (AvgIpc) is 3.91. The maximum absolute atomic E-state index is 10.5. The lowest BCUT2D eigenvalue weighted by atomic mass is 10.0. The van der Waals surface area contributed by atoms with E-state index in [1.165, 1.54) is 167 Å². The van der Waals surface area contributed by atoms with Crippen LogP contribution in [-0.2, 0) is 0 Å². The van der Waals surface area contributed by atoms with Gasteiger partial charge >= 0.3 is 0 Å². The number of H-pyrrole nitrogens is 4. The standard InChI is InChI=1S/C76H96N4O4/c1-3-5-7-9-11-13-15-17-19-21-23-25-27-29-55-83-63-43-35-59(36-44-63)75-69-51-47-65(77-69)73(57-31-39-61(81)40-32-57)67-49-53-71(79-67)76(72-54-50-68(80-72)74(66-48-52-70(75)78-66)58-33-41-62(82)42-34-58)60-37-45-64(46-38-60)84-56-30-28-26-24-22-20-18-16-14-12-10-8-6-4-2/h31-54,77-82H,3-30,55-56H2,1-2H3. The number of aromatic hydroxyl groups is 2. The first kappa shape index (κ1) is 61.2. The molecule has 9 rings (SSSR count). The highest BCUT2D eigenvalue weighted by atomic mass is 16.5. The predicted octanol–water partition coefficient (Wildman–Crippen LogP) is 17.4.